The fourth-order valence-corrected chi connectivity index (χ4v) is 4.69. The van der Waals surface area contributed by atoms with Gasteiger partial charge >= 0.3 is 11.8 Å². The van der Waals surface area contributed by atoms with E-state index >= 15 is 0 Å². The van der Waals surface area contributed by atoms with Gasteiger partial charge in [0, 0.05) is 17.3 Å². The number of hydrogen-bond donors (Lipinski definition) is 2. The molecule has 1 saturated heterocycles. The van der Waals surface area contributed by atoms with E-state index < -0.39 is 21.8 Å². The zero-order chi connectivity index (χ0) is 21.2. The lowest BCUT2D eigenvalue weighted by atomic mass is 10.1. The first-order chi connectivity index (χ1) is 13.7. The van der Waals surface area contributed by atoms with E-state index in [-0.39, 0.29) is 11.4 Å². The SMILES string of the molecule is COc1ccc(Cl)cc1NC(=O)C(=O)Nc1cc(N2CCCS2(=O)=O)ccc1C. The molecule has 3 rings (SSSR count). The number of methoxy groups -OCH3 is 1. The van der Waals surface area contributed by atoms with E-state index in [9.17, 15) is 18.0 Å². The molecule has 2 amide bonds. The summed E-state index contributed by atoms with van der Waals surface area (Å²) in [6.07, 6.45) is 0.543. The van der Waals surface area contributed by atoms with Gasteiger partial charge in [-0.2, -0.15) is 0 Å². The van der Waals surface area contributed by atoms with Crippen LogP contribution in [-0.2, 0) is 19.6 Å². The van der Waals surface area contributed by atoms with Crippen molar-refractivity contribution in [3.63, 3.8) is 0 Å². The van der Waals surface area contributed by atoms with E-state index in [0.29, 0.717) is 40.7 Å². The maximum absolute atomic E-state index is 12.4. The second-order valence-corrected chi connectivity index (χ2v) is 8.94. The van der Waals surface area contributed by atoms with E-state index in [1.807, 2.05) is 0 Å². The van der Waals surface area contributed by atoms with Gasteiger partial charge in [-0.3, -0.25) is 13.9 Å². The van der Waals surface area contributed by atoms with E-state index in [1.54, 1.807) is 37.3 Å². The van der Waals surface area contributed by atoms with Gasteiger partial charge in [0.2, 0.25) is 10.0 Å². The van der Waals surface area contributed by atoms with Crippen molar-refractivity contribution in [2.75, 3.05) is 34.3 Å². The van der Waals surface area contributed by atoms with Gasteiger partial charge in [0.05, 0.1) is 24.2 Å². The number of sulfonamides is 1. The third-order valence-electron chi connectivity index (χ3n) is 4.47. The van der Waals surface area contributed by atoms with Gasteiger partial charge in [-0.1, -0.05) is 17.7 Å². The number of aryl methyl sites for hydroxylation is 1. The molecule has 0 spiro atoms. The third-order valence-corrected chi connectivity index (χ3v) is 6.58. The molecule has 0 unspecified atom stereocenters. The Morgan fingerprint density at radius 3 is 2.38 bits per heavy atom. The number of amides is 2. The zero-order valence-corrected chi connectivity index (χ0v) is 17.4. The Bertz CT molecular complexity index is 1070. The number of anilines is 3. The lowest BCUT2D eigenvalue weighted by molar-refractivity contribution is -0.133. The van der Waals surface area contributed by atoms with Crippen molar-refractivity contribution >= 4 is 50.5 Å². The average Bonchev–Trinajstić information content (AvgIpc) is 3.02. The Hall–Kier alpha value is -2.78. The molecule has 1 aliphatic heterocycles. The minimum atomic E-state index is -3.35. The van der Waals surface area contributed by atoms with E-state index in [0.717, 1.165) is 0 Å². The van der Waals surface area contributed by atoms with Crippen LogP contribution in [0.15, 0.2) is 36.4 Å². The zero-order valence-electron chi connectivity index (χ0n) is 15.9. The largest absolute Gasteiger partial charge is 0.495 e. The quantitative estimate of drug-likeness (QED) is 0.715. The van der Waals surface area contributed by atoms with Crippen LogP contribution in [0.2, 0.25) is 5.02 Å². The molecule has 10 heteroatoms. The molecule has 0 bridgehead atoms. The summed E-state index contributed by atoms with van der Waals surface area (Å²) in [6, 6.07) is 9.54. The number of nitrogens with one attached hydrogen (secondary N) is 2. The number of carbonyl (C=O) groups is 2. The molecule has 1 aliphatic rings. The molecule has 0 radical (unpaired) electrons. The summed E-state index contributed by atoms with van der Waals surface area (Å²) in [5.74, 6) is -1.37. The lowest BCUT2D eigenvalue weighted by Gasteiger charge is -2.19. The van der Waals surface area contributed by atoms with E-state index in [2.05, 4.69) is 10.6 Å². The van der Waals surface area contributed by atoms with Gasteiger partial charge < -0.3 is 15.4 Å². The van der Waals surface area contributed by atoms with Gasteiger partial charge in [-0.15, -0.1) is 0 Å². The Labute approximate surface area is 173 Å². The number of hydrogen-bond acceptors (Lipinski definition) is 5. The summed E-state index contributed by atoms with van der Waals surface area (Å²) in [6.45, 7) is 2.13. The first-order valence-electron chi connectivity index (χ1n) is 8.78. The maximum atomic E-state index is 12.4. The molecule has 0 aromatic heterocycles. The number of nitrogens with zero attached hydrogens (tertiary/aromatic N) is 1. The van der Waals surface area contributed by atoms with Crippen LogP contribution in [-0.4, -0.2) is 39.6 Å². The summed E-state index contributed by atoms with van der Waals surface area (Å²) in [4.78, 5) is 24.7. The fourth-order valence-electron chi connectivity index (χ4n) is 2.97. The maximum Gasteiger partial charge on any atom is 0.314 e. The number of ether oxygens (including phenoxy) is 1. The summed E-state index contributed by atoms with van der Waals surface area (Å²) >= 11 is 5.93. The summed E-state index contributed by atoms with van der Waals surface area (Å²) < 4.78 is 30.7. The molecular weight excluding hydrogens is 418 g/mol. The van der Waals surface area contributed by atoms with Crippen molar-refractivity contribution < 1.29 is 22.7 Å². The molecule has 0 atom stereocenters. The summed E-state index contributed by atoms with van der Waals surface area (Å²) in [5.41, 5.74) is 1.74. The van der Waals surface area contributed by atoms with Crippen molar-refractivity contribution in [1.29, 1.82) is 0 Å². The van der Waals surface area contributed by atoms with Gasteiger partial charge in [0.15, 0.2) is 0 Å². The number of carbonyl (C=O) groups excluding carboxylic acids is 2. The van der Waals surface area contributed by atoms with Crippen molar-refractivity contribution in [2.45, 2.75) is 13.3 Å². The minimum Gasteiger partial charge on any atom is -0.495 e. The van der Waals surface area contributed by atoms with Crippen LogP contribution < -0.4 is 19.7 Å². The van der Waals surface area contributed by atoms with Crippen molar-refractivity contribution in [3.05, 3.63) is 47.0 Å². The molecule has 2 aromatic carbocycles. The Balaban J connectivity index is 1.77. The Morgan fingerprint density at radius 2 is 1.76 bits per heavy atom. The number of benzene rings is 2. The van der Waals surface area contributed by atoms with Crippen LogP contribution in [0.4, 0.5) is 17.1 Å². The standard InChI is InChI=1S/C19H20ClN3O5S/c1-12-4-6-14(23-8-3-9-29(23,26)27)11-15(12)21-18(24)19(25)22-16-10-13(20)5-7-17(16)28-2/h4-7,10-11H,3,8-9H2,1-2H3,(H,21,24)(H,22,25). The van der Waals surface area contributed by atoms with Gasteiger partial charge in [0.25, 0.3) is 0 Å². The second kappa shape index (κ2) is 8.30. The second-order valence-electron chi connectivity index (χ2n) is 6.49. The molecule has 0 aliphatic carbocycles. The van der Waals surface area contributed by atoms with Crippen LogP contribution in [0, 0.1) is 6.92 Å². The highest BCUT2D eigenvalue weighted by Gasteiger charge is 2.29. The Kier molecular flexibility index (Phi) is 5.99. The molecule has 154 valence electrons. The monoisotopic (exact) mass is 437 g/mol. The first kappa shape index (κ1) is 20.9. The van der Waals surface area contributed by atoms with Crippen LogP contribution in [0.25, 0.3) is 0 Å². The third kappa shape index (κ3) is 4.63. The first-order valence-corrected chi connectivity index (χ1v) is 10.8. The molecule has 2 N–H and O–H groups in total. The number of halogens is 1. The van der Waals surface area contributed by atoms with Crippen molar-refractivity contribution in [2.24, 2.45) is 0 Å². The fraction of sp³-hybridized carbons (Fsp3) is 0.263. The minimum absolute atomic E-state index is 0.0897. The van der Waals surface area contributed by atoms with Crippen molar-refractivity contribution in [3.8, 4) is 5.75 Å². The molecular formula is C19H20ClN3O5S. The lowest BCUT2D eigenvalue weighted by Crippen LogP contribution is -2.30. The van der Waals surface area contributed by atoms with Crippen LogP contribution in [0.3, 0.4) is 0 Å². The van der Waals surface area contributed by atoms with Crippen LogP contribution >= 0.6 is 11.6 Å². The molecule has 2 aromatic rings. The highest BCUT2D eigenvalue weighted by Crippen LogP contribution is 2.29. The topological polar surface area (TPSA) is 105 Å². The molecule has 1 heterocycles. The smallest absolute Gasteiger partial charge is 0.314 e. The van der Waals surface area contributed by atoms with Crippen LogP contribution in [0.1, 0.15) is 12.0 Å². The van der Waals surface area contributed by atoms with E-state index in [4.69, 9.17) is 16.3 Å². The normalized spacial score (nSPS) is 15.1. The van der Waals surface area contributed by atoms with Gasteiger partial charge in [-0.05, 0) is 49.2 Å². The van der Waals surface area contributed by atoms with Crippen molar-refractivity contribution in [1.82, 2.24) is 0 Å². The average molecular weight is 438 g/mol. The highest BCUT2D eigenvalue weighted by molar-refractivity contribution is 7.93. The highest BCUT2D eigenvalue weighted by atomic mass is 35.5. The summed E-state index contributed by atoms with van der Waals surface area (Å²) in [5, 5.41) is 5.36. The molecule has 29 heavy (non-hydrogen) atoms. The predicted octanol–water partition coefficient (Wildman–Crippen LogP) is 2.77. The van der Waals surface area contributed by atoms with Gasteiger partial charge in [-0.25, -0.2) is 8.42 Å². The number of rotatable bonds is 4. The summed E-state index contributed by atoms with van der Waals surface area (Å²) in [7, 11) is -1.92. The molecule has 1 fully saturated rings. The van der Waals surface area contributed by atoms with E-state index in [1.165, 1.54) is 17.5 Å². The van der Waals surface area contributed by atoms with Gasteiger partial charge in [0.1, 0.15) is 5.75 Å². The Morgan fingerprint density at radius 1 is 1.07 bits per heavy atom. The molecule has 8 nitrogen and oxygen atoms in total. The van der Waals surface area contributed by atoms with Crippen LogP contribution in [0.5, 0.6) is 5.75 Å². The molecule has 0 saturated carbocycles. The predicted molar refractivity (Wildman–Crippen MR) is 112 cm³/mol.